The third-order valence-electron chi connectivity index (χ3n) is 1.03. The van der Waals surface area contributed by atoms with Crippen LogP contribution in [-0.4, -0.2) is 25.5 Å². The highest BCUT2D eigenvalue weighted by molar-refractivity contribution is 5.73. The summed E-state index contributed by atoms with van der Waals surface area (Å²) in [7, 11) is 1.24. The molecule has 1 unspecified atom stereocenters. The molecule has 1 atom stereocenters. The van der Waals surface area contributed by atoms with Gasteiger partial charge < -0.3 is 10.1 Å². The van der Waals surface area contributed by atoms with Crippen LogP contribution in [0.4, 0.5) is 4.79 Å². The third-order valence-corrected chi connectivity index (χ3v) is 1.03. The molecule has 10 heavy (non-hydrogen) atoms. The number of amides is 1. The molecule has 4 heteroatoms. The molecule has 0 aromatic rings. The summed E-state index contributed by atoms with van der Waals surface area (Å²) in [6, 6.07) is -0.549. The van der Waals surface area contributed by atoms with Gasteiger partial charge in [0.25, 0.3) is 0 Å². The fourth-order valence-corrected chi connectivity index (χ4v) is 0.416. The monoisotopic (exact) mass is 144 g/mol. The van der Waals surface area contributed by atoms with E-state index in [0.29, 0.717) is 6.42 Å². The molecule has 1 radical (unpaired) electrons. The van der Waals surface area contributed by atoms with Crippen molar-refractivity contribution in [3.05, 3.63) is 0 Å². The maximum absolute atomic E-state index is 10.4. The molecule has 0 heterocycles. The Labute approximate surface area is 59.6 Å². The minimum atomic E-state index is -0.602. The normalized spacial score (nSPS) is 11.8. The molecule has 4 nitrogen and oxygen atoms in total. The molecule has 0 saturated carbocycles. The van der Waals surface area contributed by atoms with Crippen molar-refractivity contribution in [3.8, 4) is 0 Å². The first-order valence-electron chi connectivity index (χ1n) is 2.96. The molecule has 0 aliphatic rings. The molecule has 1 amide bonds. The van der Waals surface area contributed by atoms with Gasteiger partial charge in [-0.25, -0.2) is 4.79 Å². The Kier molecular flexibility index (Phi) is 4.28. The van der Waals surface area contributed by atoms with E-state index in [9.17, 15) is 9.59 Å². The lowest BCUT2D eigenvalue weighted by molar-refractivity contribution is 0.169. The lowest BCUT2D eigenvalue weighted by Gasteiger charge is -2.06. The Hall–Kier alpha value is -1.06. The smallest absolute Gasteiger partial charge is 0.407 e. The van der Waals surface area contributed by atoms with E-state index >= 15 is 0 Å². The first-order chi connectivity index (χ1) is 4.74. The lowest BCUT2D eigenvalue weighted by Crippen LogP contribution is -2.35. The van der Waals surface area contributed by atoms with Crippen LogP contribution in [0.15, 0.2) is 0 Å². The van der Waals surface area contributed by atoms with Gasteiger partial charge in [-0.05, 0) is 6.42 Å². The van der Waals surface area contributed by atoms with E-state index in [1.54, 1.807) is 13.2 Å². The average Bonchev–Trinajstić information content (AvgIpc) is 1.99. The highest BCUT2D eigenvalue weighted by Crippen LogP contribution is 1.85. The van der Waals surface area contributed by atoms with Crippen molar-refractivity contribution in [1.29, 1.82) is 0 Å². The van der Waals surface area contributed by atoms with Crippen molar-refractivity contribution in [2.75, 3.05) is 7.11 Å². The number of carbonyl (C=O) groups excluding carboxylic acids is 2. The Balaban J connectivity index is 3.62. The van der Waals surface area contributed by atoms with E-state index in [-0.39, 0.29) is 0 Å². The quantitative estimate of drug-likeness (QED) is 0.616. The number of hydrogen-bond donors (Lipinski definition) is 1. The van der Waals surface area contributed by atoms with Gasteiger partial charge in [-0.3, -0.25) is 4.79 Å². The Bertz CT molecular complexity index is 124. The van der Waals surface area contributed by atoms with Gasteiger partial charge >= 0.3 is 6.09 Å². The van der Waals surface area contributed by atoms with Crippen LogP contribution in [0.5, 0.6) is 0 Å². The van der Waals surface area contributed by atoms with E-state index in [1.165, 1.54) is 7.11 Å². The summed E-state index contributed by atoms with van der Waals surface area (Å²) < 4.78 is 4.26. The lowest BCUT2D eigenvalue weighted by atomic mass is 10.3. The Morgan fingerprint density at radius 2 is 2.40 bits per heavy atom. The van der Waals surface area contributed by atoms with Crippen molar-refractivity contribution in [2.24, 2.45) is 0 Å². The standard InChI is InChI=1S/C6H10NO3/c1-3-5(4-8)7-6(9)10-2/h5H,3H2,1-2H3,(H,7,9). The zero-order valence-corrected chi connectivity index (χ0v) is 6.01. The third kappa shape index (κ3) is 3.06. The number of alkyl carbamates (subject to hydrolysis) is 1. The minimum Gasteiger partial charge on any atom is -0.453 e. The van der Waals surface area contributed by atoms with Crippen molar-refractivity contribution < 1.29 is 14.3 Å². The largest absolute Gasteiger partial charge is 0.453 e. The predicted octanol–water partition coefficient (Wildman–Crippen LogP) is 0.231. The Morgan fingerprint density at radius 1 is 1.80 bits per heavy atom. The molecule has 1 N–H and O–H groups in total. The van der Waals surface area contributed by atoms with E-state index in [1.807, 2.05) is 0 Å². The van der Waals surface area contributed by atoms with Gasteiger partial charge in [0.05, 0.1) is 13.2 Å². The van der Waals surface area contributed by atoms with Crippen molar-refractivity contribution in [2.45, 2.75) is 19.4 Å². The molecule has 0 saturated heterocycles. The van der Waals surface area contributed by atoms with Crippen LogP contribution < -0.4 is 5.32 Å². The van der Waals surface area contributed by atoms with Crippen LogP contribution in [0.25, 0.3) is 0 Å². The van der Waals surface area contributed by atoms with Gasteiger partial charge in [0.1, 0.15) is 0 Å². The molecular formula is C6H10NO3. The van der Waals surface area contributed by atoms with Crippen LogP contribution in [-0.2, 0) is 9.53 Å². The SMILES string of the molecule is CCC([C]=O)NC(=O)OC. The number of carbonyl (C=O) groups is 1. The summed E-state index contributed by atoms with van der Waals surface area (Å²) >= 11 is 0. The van der Waals surface area contributed by atoms with Crippen LogP contribution in [0.3, 0.4) is 0 Å². The van der Waals surface area contributed by atoms with Crippen LogP contribution in [0.2, 0.25) is 0 Å². The number of ether oxygens (including phenoxy) is 1. The van der Waals surface area contributed by atoms with Gasteiger partial charge in [0.2, 0.25) is 6.29 Å². The van der Waals surface area contributed by atoms with Crippen LogP contribution in [0, 0.1) is 0 Å². The fraction of sp³-hybridized carbons (Fsp3) is 0.667. The molecular weight excluding hydrogens is 134 g/mol. The molecule has 0 bridgehead atoms. The highest BCUT2D eigenvalue weighted by atomic mass is 16.5. The van der Waals surface area contributed by atoms with E-state index in [0.717, 1.165) is 0 Å². The molecule has 0 rings (SSSR count). The molecule has 0 spiro atoms. The Morgan fingerprint density at radius 3 is 2.70 bits per heavy atom. The van der Waals surface area contributed by atoms with Crippen LogP contribution >= 0.6 is 0 Å². The predicted molar refractivity (Wildman–Crippen MR) is 35.3 cm³/mol. The number of methoxy groups -OCH3 is 1. The first-order valence-corrected chi connectivity index (χ1v) is 2.96. The van der Waals surface area contributed by atoms with Crippen molar-refractivity contribution >= 4 is 12.4 Å². The van der Waals surface area contributed by atoms with Gasteiger partial charge in [-0.1, -0.05) is 6.92 Å². The van der Waals surface area contributed by atoms with E-state index < -0.39 is 12.1 Å². The topological polar surface area (TPSA) is 55.4 Å². The minimum absolute atomic E-state index is 0.526. The first kappa shape index (κ1) is 8.94. The second kappa shape index (κ2) is 4.78. The summed E-state index contributed by atoms with van der Waals surface area (Å²) in [5.74, 6) is 0. The van der Waals surface area contributed by atoms with E-state index in [2.05, 4.69) is 10.1 Å². The van der Waals surface area contributed by atoms with Gasteiger partial charge in [-0.15, -0.1) is 0 Å². The molecule has 0 fully saturated rings. The maximum atomic E-state index is 10.4. The second-order valence-electron chi connectivity index (χ2n) is 1.71. The summed E-state index contributed by atoms with van der Waals surface area (Å²) in [5, 5.41) is 2.28. The van der Waals surface area contributed by atoms with Crippen molar-refractivity contribution in [1.82, 2.24) is 5.32 Å². The zero-order chi connectivity index (χ0) is 7.98. The molecule has 0 aromatic heterocycles. The maximum Gasteiger partial charge on any atom is 0.407 e. The number of nitrogens with one attached hydrogen (secondary N) is 1. The summed E-state index contributed by atoms with van der Waals surface area (Å²) in [4.78, 5) is 20.4. The summed E-state index contributed by atoms with van der Waals surface area (Å²) in [5.41, 5.74) is 0. The van der Waals surface area contributed by atoms with Crippen LogP contribution in [0.1, 0.15) is 13.3 Å². The fourth-order valence-electron chi connectivity index (χ4n) is 0.416. The average molecular weight is 144 g/mol. The number of rotatable bonds is 3. The summed E-state index contributed by atoms with van der Waals surface area (Å²) in [6.45, 7) is 1.77. The van der Waals surface area contributed by atoms with E-state index in [4.69, 9.17) is 0 Å². The van der Waals surface area contributed by atoms with Crippen molar-refractivity contribution in [3.63, 3.8) is 0 Å². The second-order valence-corrected chi connectivity index (χ2v) is 1.71. The molecule has 57 valence electrons. The van der Waals surface area contributed by atoms with Gasteiger partial charge in [0.15, 0.2) is 0 Å². The zero-order valence-electron chi connectivity index (χ0n) is 6.01. The molecule has 0 aromatic carbocycles. The molecule has 0 aliphatic carbocycles. The highest BCUT2D eigenvalue weighted by Gasteiger charge is 2.08. The summed E-state index contributed by atoms with van der Waals surface area (Å²) in [6.07, 6.45) is 1.58. The van der Waals surface area contributed by atoms with Gasteiger partial charge in [0, 0.05) is 0 Å². The number of hydrogen-bond acceptors (Lipinski definition) is 3. The molecule has 0 aliphatic heterocycles. The van der Waals surface area contributed by atoms with Gasteiger partial charge in [-0.2, -0.15) is 0 Å².